The fourth-order valence-electron chi connectivity index (χ4n) is 4.47. The molecule has 1 aliphatic heterocycles. The number of halogens is 3. The smallest absolute Gasteiger partial charge is 0.416 e. The predicted octanol–water partition coefficient (Wildman–Crippen LogP) is 5.90. The highest BCUT2D eigenvalue weighted by molar-refractivity contribution is 5.90. The quantitative estimate of drug-likeness (QED) is 0.329. The molecule has 1 atom stereocenters. The van der Waals surface area contributed by atoms with Crippen molar-refractivity contribution in [2.75, 3.05) is 18.4 Å². The summed E-state index contributed by atoms with van der Waals surface area (Å²) >= 11 is 0. The fraction of sp³-hybridized carbons (Fsp3) is 0.375. The minimum atomic E-state index is -4.73. The van der Waals surface area contributed by atoms with Crippen LogP contribution in [0.3, 0.4) is 0 Å². The van der Waals surface area contributed by atoms with Crippen molar-refractivity contribution in [3.63, 3.8) is 0 Å². The lowest BCUT2D eigenvalue weighted by Crippen LogP contribution is -2.36. The summed E-state index contributed by atoms with van der Waals surface area (Å²) in [5.41, 5.74) is -0.0197. The zero-order valence-electron chi connectivity index (χ0n) is 19.5. The lowest BCUT2D eigenvalue weighted by Gasteiger charge is -2.30. The molecule has 2 heterocycles. The molecule has 36 heavy (non-hydrogen) atoms. The number of rotatable bonds is 5. The van der Waals surface area contributed by atoms with Crippen LogP contribution in [0.15, 0.2) is 36.4 Å². The van der Waals surface area contributed by atoms with Crippen molar-refractivity contribution in [1.29, 1.82) is 0 Å². The number of aromatic nitrogens is 2. The number of nitrogens with zero attached hydrogens (tertiary/aromatic N) is 4. The Kier molecular flexibility index (Phi) is 6.70. The number of likely N-dealkylation sites (tertiary alicyclic amines) is 1. The topological polar surface area (TPSA) is 121 Å². The molecule has 9 nitrogen and oxygen atoms in total. The number of hydrogen-bond acceptors (Lipinski definition) is 6. The number of nitro groups is 1. The van der Waals surface area contributed by atoms with Crippen LogP contribution in [0.5, 0.6) is 0 Å². The van der Waals surface area contributed by atoms with Gasteiger partial charge in [-0.15, -0.1) is 0 Å². The largest absolute Gasteiger partial charge is 0.465 e. The fourth-order valence-corrected chi connectivity index (χ4v) is 4.47. The van der Waals surface area contributed by atoms with Crippen molar-refractivity contribution >= 4 is 28.5 Å². The van der Waals surface area contributed by atoms with E-state index in [0.717, 1.165) is 17.7 Å². The molecule has 0 saturated carbocycles. The number of hydrogen-bond donors (Lipinski definition) is 2. The number of aryl methyl sites for hydroxylation is 1. The van der Waals surface area contributed by atoms with Gasteiger partial charge in [0.15, 0.2) is 0 Å². The van der Waals surface area contributed by atoms with Gasteiger partial charge in [0.05, 0.1) is 22.0 Å². The number of alkyl halides is 3. The molecule has 12 heteroatoms. The van der Waals surface area contributed by atoms with E-state index < -0.39 is 34.5 Å². The molecule has 190 valence electrons. The SMILES string of the molecule is Cc1nc(N[C@H](C)c2cc([N+](=O)[O-])cc(C(F)(F)F)c2)c2cc(C3CCN(C(=O)O)CC3)ccc2n1. The van der Waals surface area contributed by atoms with E-state index in [1.807, 2.05) is 18.2 Å². The van der Waals surface area contributed by atoms with Crippen molar-refractivity contribution in [3.05, 3.63) is 69.0 Å². The van der Waals surface area contributed by atoms with Crippen LogP contribution in [0.2, 0.25) is 0 Å². The second-order valence-electron chi connectivity index (χ2n) is 8.87. The van der Waals surface area contributed by atoms with E-state index in [9.17, 15) is 33.2 Å². The third-order valence-electron chi connectivity index (χ3n) is 6.40. The number of amides is 1. The number of piperidine rings is 1. The predicted molar refractivity (Wildman–Crippen MR) is 126 cm³/mol. The van der Waals surface area contributed by atoms with Crippen LogP contribution in [0.25, 0.3) is 10.9 Å². The Morgan fingerprint density at radius 2 is 1.89 bits per heavy atom. The van der Waals surface area contributed by atoms with E-state index >= 15 is 0 Å². The summed E-state index contributed by atoms with van der Waals surface area (Å²) in [7, 11) is 0. The van der Waals surface area contributed by atoms with Gasteiger partial charge in [-0.05, 0) is 61.9 Å². The van der Waals surface area contributed by atoms with Crippen LogP contribution in [-0.2, 0) is 6.18 Å². The first-order valence-corrected chi connectivity index (χ1v) is 11.3. The normalized spacial score (nSPS) is 15.6. The first-order valence-electron chi connectivity index (χ1n) is 11.3. The van der Waals surface area contributed by atoms with Gasteiger partial charge >= 0.3 is 12.3 Å². The second-order valence-corrected chi connectivity index (χ2v) is 8.87. The highest BCUT2D eigenvalue weighted by atomic mass is 19.4. The van der Waals surface area contributed by atoms with Gasteiger partial charge in [-0.2, -0.15) is 13.2 Å². The maximum atomic E-state index is 13.4. The van der Waals surface area contributed by atoms with Crippen LogP contribution in [0, 0.1) is 17.0 Å². The van der Waals surface area contributed by atoms with E-state index in [0.29, 0.717) is 54.5 Å². The van der Waals surface area contributed by atoms with Crippen molar-refractivity contribution in [3.8, 4) is 0 Å². The number of carbonyl (C=O) groups is 1. The van der Waals surface area contributed by atoms with Crippen LogP contribution in [-0.4, -0.2) is 44.1 Å². The van der Waals surface area contributed by atoms with Gasteiger partial charge in [0.1, 0.15) is 11.6 Å². The highest BCUT2D eigenvalue weighted by Gasteiger charge is 2.33. The summed E-state index contributed by atoms with van der Waals surface area (Å²) in [5.74, 6) is 0.993. The van der Waals surface area contributed by atoms with E-state index in [-0.39, 0.29) is 11.5 Å². The standard InChI is InChI=1S/C24H24F3N5O4/c1-13(17-9-18(24(25,26)27)12-19(10-17)32(35)36)28-22-20-11-16(3-4-21(20)29-14(2)30-22)15-5-7-31(8-6-15)23(33)34/h3-4,9-13,15H,5-8H2,1-2H3,(H,33,34)(H,28,29,30)/t13-/m1/s1. The maximum Gasteiger partial charge on any atom is 0.416 e. The lowest BCUT2D eigenvalue weighted by atomic mass is 9.89. The highest BCUT2D eigenvalue weighted by Crippen LogP contribution is 2.36. The molecule has 2 N–H and O–H groups in total. The number of nitrogens with one attached hydrogen (secondary N) is 1. The molecule has 1 fully saturated rings. The van der Waals surface area contributed by atoms with Crippen molar-refractivity contribution < 1.29 is 28.0 Å². The van der Waals surface area contributed by atoms with Gasteiger partial charge in [-0.3, -0.25) is 10.1 Å². The molecule has 1 aromatic heterocycles. The van der Waals surface area contributed by atoms with E-state index in [1.54, 1.807) is 13.8 Å². The average molecular weight is 503 g/mol. The Labute approximate surface area is 204 Å². The van der Waals surface area contributed by atoms with E-state index in [1.165, 1.54) is 4.90 Å². The minimum Gasteiger partial charge on any atom is -0.465 e. The van der Waals surface area contributed by atoms with Gasteiger partial charge in [0.25, 0.3) is 5.69 Å². The zero-order chi connectivity index (χ0) is 26.2. The van der Waals surface area contributed by atoms with Gasteiger partial charge in [0, 0.05) is 30.6 Å². The molecule has 3 aromatic rings. The molecule has 1 saturated heterocycles. The summed E-state index contributed by atoms with van der Waals surface area (Å²) in [4.78, 5) is 31.9. The van der Waals surface area contributed by atoms with Crippen molar-refractivity contribution in [2.24, 2.45) is 0 Å². The van der Waals surface area contributed by atoms with Gasteiger partial charge in [-0.25, -0.2) is 14.8 Å². The molecule has 0 radical (unpaired) electrons. The summed E-state index contributed by atoms with van der Waals surface area (Å²) in [5, 5.41) is 24.2. The first kappa shape index (κ1) is 25.1. The Balaban J connectivity index is 1.67. The summed E-state index contributed by atoms with van der Waals surface area (Å²) in [6, 6.07) is 7.49. The Bertz CT molecular complexity index is 1320. The van der Waals surface area contributed by atoms with Crippen LogP contribution in [0.4, 0.5) is 29.5 Å². The van der Waals surface area contributed by atoms with E-state index in [2.05, 4.69) is 15.3 Å². The summed E-state index contributed by atoms with van der Waals surface area (Å²) in [6.07, 6.45) is -4.34. The second kappa shape index (κ2) is 9.59. The molecular formula is C24H24F3N5O4. The maximum absolute atomic E-state index is 13.4. The summed E-state index contributed by atoms with van der Waals surface area (Å²) in [6.45, 7) is 4.16. The molecule has 4 rings (SSSR count). The minimum absolute atomic E-state index is 0.0955. The molecule has 1 amide bonds. The summed E-state index contributed by atoms with van der Waals surface area (Å²) < 4.78 is 40.1. The Morgan fingerprint density at radius 1 is 1.19 bits per heavy atom. The third kappa shape index (κ3) is 5.31. The lowest BCUT2D eigenvalue weighted by molar-refractivity contribution is -0.385. The molecule has 0 unspecified atom stereocenters. The van der Waals surface area contributed by atoms with Gasteiger partial charge in [0.2, 0.25) is 0 Å². The van der Waals surface area contributed by atoms with Crippen LogP contribution in [0.1, 0.15) is 54.2 Å². The number of fused-ring (bicyclic) bond motifs is 1. The molecule has 0 aliphatic carbocycles. The third-order valence-corrected chi connectivity index (χ3v) is 6.40. The number of anilines is 1. The first-order chi connectivity index (χ1) is 16.9. The molecular weight excluding hydrogens is 479 g/mol. The number of nitro benzene ring substituents is 1. The zero-order valence-corrected chi connectivity index (χ0v) is 19.5. The monoisotopic (exact) mass is 503 g/mol. The van der Waals surface area contributed by atoms with Crippen molar-refractivity contribution in [2.45, 2.75) is 44.8 Å². The Hall–Kier alpha value is -3.96. The van der Waals surface area contributed by atoms with Crippen LogP contribution < -0.4 is 5.32 Å². The molecule has 0 spiro atoms. The molecule has 0 bridgehead atoms. The van der Waals surface area contributed by atoms with Crippen LogP contribution >= 0.6 is 0 Å². The average Bonchev–Trinajstić information content (AvgIpc) is 2.83. The number of carboxylic acid groups (broad SMARTS) is 1. The Morgan fingerprint density at radius 3 is 2.50 bits per heavy atom. The van der Waals surface area contributed by atoms with E-state index in [4.69, 9.17) is 0 Å². The van der Waals surface area contributed by atoms with Crippen molar-refractivity contribution in [1.82, 2.24) is 14.9 Å². The number of non-ortho nitro benzene ring substituents is 1. The van der Waals surface area contributed by atoms with Gasteiger partial charge < -0.3 is 15.3 Å². The molecule has 2 aromatic carbocycles. The number of benzene rings is 2. The molecule has 1 aliphatic rings. The van der Waals surface area contributed by atoms with Gasteiger partial charge in [-0.1, -0.05) is 6.07 Å².